The van der Waals surface area contributed by atoms with E-state index in [2.05, 4.69) is 94.5 Å². The second kappa shape index (κ2) is 6.95. The van der Waals surface area contributed by atoms with Gasteiger partial charge in [0, 0.05) is 22.6 Å². The highest BCUT2D eigenvalue weighted by Crippen LogP contribution is 2.41. The Morgan fingerprint density at radius 1 is 0.897 bits per heavy atom. The predicted molar refractivity (Wildman–Crippen MR) is 126 cm³/mol. The Kier molecular flexibility index (Phi) is 4.69. The molecule has 3 aromatic rings. The molecule has 0 radical (unpaired) electrons. The van der Waals surface area contributed by atoms with E-state index < -0.39 is 0 Å². The highest BCUT2D eigenvalue weighted by Gasteiger charge is 2.29. The number of hydrogen-bond acceptors (Lipinski definition) is 2. The van der Waals surface area contributed by atoms with Gasteiger partial charge < -0.3 is 11.1 Å². The molecule has 2 nitrogen and oxygen atoms in total. The summed E-state index contributed by atoms with van der Waals surface area (Å²) in [5, 5.41) is 3.66. The third-order valence-corrected chi connectivity index (χ3v) is 5.99. The second-order valence-corrected chi connectivity index (χ2v) is 10.2. The number of anilines is 3. The maximum absolute atomic E-state index is 6.34. The molecule has 0 saturated carbocycles. The van der Waals surface area contributed by atoms with Crippen LogP contribution in [0.25, 0.3) is 11.1 Å². The molecule has 0 bridgehead atoms. The first kappa shape index (κ1) is 19.6. The molecule has 0 aromatic heterocycles. The number of hydrogen-bond donors (Lipinski definition) is 2. The van der Waals surface area contributed by atoms with Crippen LogP contribution in [0.1, 0.15) is 51.3 Å². The molecule has 0 saturated heterocycles. The summed E-state index contributed by atoms with van der Waals surface area (Å²) in [6, 6.07) is 21.6. The molecule has 0 aliphatic heterocycles. The zero-order valence-electron chi connectivity index (χ0n) is 18.3. The SMILES string of the molecule is CC1(C)Cc2cccc(Nc3ccc(N)c(-c4ccc(C(C)(C)C)cc4)c3)c2C1. The van der Waals surface area contributed by atoms with Gasteiger partial charge in [0.25, 0.3) is 0 Å². The van der Waals surface area contributed by atoms with Gasteiger partial charge in [0.2, 0.25) is 0 Å². The first-order chi connectivity index (χ1) is 13.6. The molecular weight excluding hydrogens is 352 g/mol. The van der Waals surface area contributed by atoms with Crippen molar-refractivity contribution in [1.29, 1.82) is 0 Å². The molecule has 1 aliphatic rings. The minimum atomic E-state index is 0.148. The lowest BCUT2D eigenvalue weighted by Crippen LogP contribution is -2.10. The van der Waals surface area contributed by atoms with E-state index in [0.717, 1.165) is 35.3 Å². The molecule has 0 heterocycles. The van der Waals surface area contributed by atoms with Gasteiger partial charge in [0.15, 0.2) is 0 Å². The summed E-state index contributed by atoms with van der Waals surface area (Å²) in [5.41, 5.74) is 16.4. The van der Waals surface area contributed by atoms with E-state index in [9.17, 15) is 0 Å². The summed E-state index contributed by atoms with van der Waals surface area (Å²) in [4.78, 5) is 0. The summed E-state index contributed by atoms with van der Waals surface area (Å²) < 4.78 is 0. The number of fused-ring (bicyclic) bond motifs is 1. The Hall–Kier alpha value is -2.74. The number of nitrogen functional groups attached to an aromatic ring is 1. The molecule has 0 unspecified atom stereocenters. The zero-order chi connectivity index (χ0) is 20.8. The fourth-order valence-electron chi connectivity index (χ4n) is 4.37. The van der Waals surface area contributed by atoms with Crippen LogP contribution >= 0.6 is 0 Å². The van der Waals surface area contributed by atoms with Crippen molar-refractivity contribution in [2.45, 2.75) is 52.9 Å². The van der Waals surface area contributed by atoms with Crippen molar-refractivity contribution in [2.75, 3.05) is 11.1 Å². The van der Waals surface area contributed by atoms with Crippen LogP contribution in [0.15, 0.2) is 60.7 Å². The average molecular weight is 385 g/mol. The fraction of sp³-hybridized carbons (Fsp3) is 0.333. The molecule has 150 valence electrons. The minimum Gasteiger partial charge on any atom is -0.398 e. The Bertz CT molecular complexity index is 1040. The van der Waals surface area contributed by atoms with Crippen LogP contribution in [0.3, 0.4) is 0 Å². The topological polar surface area (TPSA) is 38.0 Å². The highest BCUT2D eigenvalue weighted by atomic mass is 14.9. The van der Waals surface area contributed by atoms with Crippen molar-refractivity contribution in [3.63, 3.8) is 0 Å². The van der Waals surface area contributed by atoms with Crippen molar-refractivity contribution in [3.05, 3.63) is 77.4 Å². The quantitative estimate of drug-likeness (QED) is 0.473. The summed E-state index contributed by atoms with van der Waals surface area (Å²) in [6.45, 7) is 11.4. The van der Waals surface area contributed by atoms with Crippen molar-refractivity contribution < 1.29 is 0 Å². The van der Waals surface area contributed by atoms with E-state index in [1.54, 1.807) is 0 Å². The molecule has 0 fully saturated rings. The van der Waals surface area contributed by atoms with E-state index in [4.69, 9.17) is 5.73 Å². The molecule has 4 rings (SSSR count). The first-order valence-corrected chi connectivity index (χ1v) is 10.5. The molecule has 1 aliphatic carbocycles. The number of benzene rings is 3. The van der Waals surface area contributed by atoms with Crippen LogP contribution in [0, 0.1) is 5.41 Å². The summed E-state index contributed by atoms with van der Waals surface area (Å²) in [5.74, 6) is 0. The van der Waals surface area contributed by atoms with Gasteiger partial charge >= 0.3 is 0 Å². The van der Waals surface area contributed by atoms with Gasteiger partial charge in [-0.05, 0) is 70.2 Å². The number of nitrogens with two attached hydrogens (primary N) is 1. The van der Waals surface area contributed by atoms with Crippen LogP contribution in [0.4, 0.5) is 17.1 Å². The van der Waals surface area contributed by atoms with Gasteiger partial charge in [-0.3, -0.25) is 0 Å². The first-order valence-electron chi connectivity index (χ1n) is 10.5. The molecule has 0 spiro atoms. The molecule has 29 heavy (non-hydrogen) atoms. The van der Waals surface area contributed by atoms with Crippen LogP contribution in [-0.2, 0) is 18.3 Å². The van der Waals surface area contributed by atoms with Gasteiger partial charge in [0.05, 0.1) is 0 Å². The van der Waals surface area contributed by atoms with E-state index >= 15 is 0 Å². The van der Waals surface area contributed by atoms with Crippen molar-refractivity contribution in [1.82, 2.24) is 0 Å². The van der Waals surface area contributed by atoms with E-state index in [0.29, 0.717) is 5.41 Å². The smallest absolute Gasteiger partial charge is 0.0419 e. The van der Waals surface area contributed by atoms with Crippen molar-refractivity contribution in [3.8, 4) is 11.1 Å². The second-order valence-electron chi connectivity index (χ2n) is 10.2. The lowest BCUT2D eigenvalue weighted by Gasteiger charge is -2.19. The summed E-state index contributed by atoms with van der Waals surface area (Å²) in [7, 11) is 0. The number of nitrogens with one attached hydrogen (secondary N) is 1. The Balaban J connectivity index is 1.65. The summed E-state index contributed by atoms with van der Waals surface area (Å²) in [6.07, 6.45) is 2.26. The fourth-order valence-corrected chi connectivity index (χ4v) is 4.37. The normalized spacial score (nSPS) is 15.2. The molecule has 3 aromatic carbocycles. The molecule has 2 heteroatoms. The molecular formula is C27H32N2. The van der Waals surface area contributed by atoms with Crippen LogP contribution in [0.2, 0.25) is 0 Å². The standard InChI is InChI=1S/C27H32N2/c1-26(2,3)20-11-9-18(10-12-20)22-15-21(13-14-24(22)28)29-25-8-6-7-19-16-27(4,5)17-23(19)25/h6-15,29H,16-17,28H2,1-5H3. The van der Waals surface area contributed by atoms with Gasteiger partial charge in [-0.15, -0.1) is 0 Å². The average Bonchev–Trinajstić information content (AvgIpc) is 2.98. The van der Waals surface area contributed by atoms with Gasteiger partial charge in [0.1, 0.15) is 0 Å². The molecule has 0 amide bonds. The lowest BCUT2D eigenvalue weighted by atomic mass is 9.86. The Labute approximate surface area is 175 Å². The van der Waals surface area contributed by atoms with Crippen LogP contribution in [0.5, 0.6) is 0 Å². The van der Waals surface area contributed by atoms with Gasteiger partial charge in [-0.25, -0.2) is 0 Å². The van der Waals surface area contributed by atoms with Crippen molar-refractivity contribution in [2.24, 2.45) is 5.41 Å². The van der Waals surface area contributed by atoms with E-state index in [1.165, 1.54) is 22.4 Å². The van der Waals surface area contributed by atoms with Crippen LogP contribution in [-0.4, -0.2) is 0 Å². The third kappa shape index (κ3) is 4.03. The van der Waals surface area contributed by atoms with Gasteiger partial charge in [-0.2, -0.15) is 0 Å². The van der Waals surface area contributed by atoms with E-state index in [1.807, 2.05) is 6.07 Å². The maximum Gasteiger partial charge on any atom is 0.0419 e. The van der Waals surface area contributed by atoms with Crippen LogP contribution < -0.4 is 11.1 Å². The monoisotopic (exact) mass is 384 g/mol. The number of rotatable bonds is 3. The lowest BCUT2D eigenvalue weighted by molar-refractivity contribution is 0.393. The summed E-state index contributed by atoms with van der Waals surface area (Å²) >= 11 is 0. The Morgan fingerprint density at radius 2 is 1.62 bits per heavy atom. The van der Waals surface area contributed by atoms with Gasteiger partial charge in [-0.1, -0.05) is 71.0 Å². The predicted octanol–water partition coefficient (Wildman–Crippen LogP) is 7.10. The van der Waals surface area contributed by atoms with E-state index in [-0.39, 0.29) is 5.41 Å². The molecule has 0 atom stereocenters. The maximum atomic E-state index is 6.34. The zero-order valence-corrected chi connectivity index (χ0v) is 18.3. The largest absolute Gasteiger partial charge is 0.398 e. The third-order valence-electron chi connectivity index (χ3n) is 5.99. The van der Waals surface area contributed by atoms with Crippen molar-refractivity contribution >= 4 is 17.1 Å². The minimum absolute atomic E-state index is 0.148. The molecule has 3 N–H and O–H groups in total. The highest BCUT2D eigenvalue weighted by molar-refractivity contribution is 5.81. The Morgan fingerprint density at radius 3 is 2.31 bits per heavy atom.